The molecule has 7 nitrogen and oxygen atoms in total. The van der Waals surface area contributed by atoms with Crippen LogP contribution in [0.3, 0.4) is 0 Å². The molecule has 1 aromatic carbocycles. The first-order valence-corrected chi connectivity index (χ1v) is 7.25. The molecule has 0 heterocycles. The van der Waals surface area contributed by atoms with Crippen LogP contribution in [0, 0.1) is 0 Å². The van der Waals surface area contributed by atoms with E-state index in [1.54, 1.807) is 0 Å². The molecule has 1 aromatic rings. The van der Waals surface area contributed by atoms with E-state index in [1.165, 1.54) is 0 Å². The molecule has 0 atom stereocenters. The Kier molecular flexibility index (Phi) is 5.35. The minimum atomic E-state index is -4.48. The van der Waals surface area contributed by atoms with Gasteiger partial charge in [0.25, 0.3) is 0 Å². The molecular formula is C11H14F3NO6Se. The average molecular weight is 392 g/mol. The standard InChI is InChI=1S/C11H14F3NO6Se/c1-20-6-4-8(22-11(12,13)14)7(21-2)3-5(6)9(16,17)10(15,18)19/h3-4,16-19H,15H2,1-2H3. The van der Waals surface area contributed by atoms with Crippen LogP contribution in [-0.4, -0.2) is 60.6 Å². The van der Waals surface area contributed by atoms with Crippen molar-refractivity contribution in [3.05, 3.63) is 17.7 Å². The number of alkyl halides is 3. The fraction of sp³-hybridized carbons (Fsp3) is 0.455. The van der Waals surface area contributed by atoms with Gasteiger partial charge in [-0.05, 0) is 0 Å². The van der Waals surface area contributed by atoms with E-state index in [0.29, 0.717) is 0 Å². The van der Waals surface area contributed by atoms with Crippen molar-refractivity contribution < 1.29 is 43.1 Å². The summed E-state index contributed by atoms with van der Waals surface area (Å²) in [6.07, 6.45) is 0. The molecule has 0 amide bonds. The summed E-state index contributed by atoms with van der Waals surface area (Å²) in [5, 5.41) is 33.4. The van der Waals surface area contributed by atoms with Crippen molar-refractivity contribution in [1.29, 1.82) is 0 Å². The maximum atomic E-state index is 12.5. The van der Waals surface area contributed by atoms with E-state index < -0.39 is 43.0 Å². The van der Waals surface area contributed by atoms with E-state index in [9.17, 15) is 33.6 Å². The number of nitrogens with two attached hydrogens (primary N) is 1. The molecule has 0 unspecified atom stereocenters. The van der Waals surface area contributed by atoms with Gasteiger partial charge in [0.05, 0.1) is 0 Å². The fourth-order valence-electron chi connectivity index (χ4n) is 1.54. The van der Waals surface area contributed by atoms with E-state index in [-0.39, 0.29) is 10.2 Å². The second kappa shape index (κ2) is 6.20. The van der Waals surface area contributed by atoms with E-state index in [0.717, 1.165) is 26.4 Å². The molecule has 0 radical (unpaired) electrons. The molecule has 0 aliphatic rings. The predicted molar refractivity (Wildman–Crippen MR) is 68.5 cm³/mol. The van der Waals surface area contributed by atoms with Gasteiger partial charge in [0.2, 0.25) is 0 Å². The Balaban J connectivity index is 3.50. The van der Waals surface area contributed by atoms with Crippen LogP contribution < -0.4 is 19.7 Å². The number of benzene rings is 1. The molecule has 0 saturated heterocycles. The molecule has 1 rings (SSSR count). The minimum absolute atomic E-state index is 0.280. The van der Waals surface area contributed by atoms with Crippen LogP contribution in [-0.2, 0) is 5.79 Å². The number of rotatable bonds is 5. The van der Waals surface area contributed by atoms with Crippen molar-refractivity contribution in [1.82, 2.24) is 0 Å². The van der Waals surface area contributed by atoms with Crippen molar-refractivity contribution in [2.24, 2.45) is 5.73 Å². The van der Waals surface area contributed by atoms with Gasteiger partial charge >= 0.3 is 128 Å². The zero-order valence-corrected chi connectivity index (χ0v) is 13.1. The molecule has 0 aliphatic carbocycles. The molecule has 0 aliphatic heterocycles. The molecule has 0 saturated carbocycles. The Bertz CT molecular complexity index is 544. The molecule has 0 bridgehead atoms. The van der Waals surface area contributed by atoms with Gasteiger partial charge in [-0.25, -0.2) is 0 Å². The number of ether oxygens (including phenoxy) is 2. The van der Waals surface area contributed by atoms with Gasteiger partial charge in [0.15, 0.2) is 0 Å². The zero-order chi connectivity index (χ0) is 17.3. The number of aliphatic hydroxyl groups is 4. The molecule has 11 heteroatoms. The van der Waals surface area contributed by atoms with E-state index in [1.807, 2.05) is 0 Å². The summed E-state index contributed by atoms with van der Waals surface area (Å²) in [6.45, 7) is 0. The summed E-state index contributed by atoms with van der Waals surface area (Å²) in [7, 11) is 2.13. The Labute approximate surface area is 129 Å². The van der Waals surface area contributed by atoms with Gasteiger partial charge in [-0.3, -0.25) is 0 Å². The maximum absolute atomic E-state index is 12.5. The monoisotopic (exact) mass is 393 g/mol. The van der Waals surface area contributed by atoms with Crippen LogP contribution in [0.1, 0.15) is 5.56 Å². The van der Waals surface area contributed by atoms with Gasteiger partial charge in [-0.2, -0.15) is 0 Å². The normalized spacial score (nSPS) is 13.2. The third kappa shape index (κ3) is 4.02. The molecule has 22 heavy (non-hydrogen) atoms. The number of hydrogen-bond acceptors (Lipinski definition) is 7. The first-order chi connectivity index (χ1) is 9.83. The molecule has 0 fully saturated rings. The molecule has 0 aromatic heterocycles. The summed E-state index contributed by atoms with van der Waals surface area (Å²) < 4.78 is 46.9. The summed E-state index contributed by atoms with van der Waals surface area (Å²) in [6, 6.07) is 1.66. The van der Waals surface area contributed by atoms with Gasteiger partial charge in [-0.15, -0.1) is 0 Å². The topological polar surface area (TPSA) is 125 Å². The van der Waals surface area contributed by atoms with Gasteiger partial charge in [0, 0.05) is 0 Å². The predicted octanol–water partition coefficient (Wildman–Crippen LogP) is -1.71. The van der Waals surface area contributed by atoms with Crippen LogP contribution in [0.25, 0.3) is 0 Å². The molecule has 6 N–H and O–H groups in total. The second-order valence-electron chi connectivity index (χ2n) is 4.15. The summed E-state index contributed by atoms with van der Waals surface area (Å²) in [5.41, 5.74) is 4.17. The van der Waals surface area contributed by atoms with Gasteiger partial charge in [-0.1, -0.05) is 0 Å². The SMILES string of the molecule is COc1cc(C(O)(O)C(N)(O)O)c(OC)cc1[Se]C(F)(F)F. The van der Waals surface area contributed by atoms with E-state index >= 15 is 0 Å². The Morgan fingerprint density at radius 1 is 1.00 bits per heavy atom. The summed E-state index contributed by atoms with van der Waals surface area (Å²) in [4.78, 5) is 0. The number of hydrogen-bond donors (Lipinski definition) is 5. The van der Waals surface area contributed by atoms with Crippen LogP contribution >= 0.6 is 0 Å². The Hall–Kier alpha value is -1.07. The van der Waals surface area contributed by atoms with Gasteiger partial charge in [0.1, 0.15) is 0 Å². The quantitative estimate of drug-likeness (QED) is 0.299. The van der Waals surface area contributed by atoms with E-state index in [4.69, 9.17) is 15.2 Å². The average Bonchev–Trinajstić information content (AvgIpc) is 2.34. The second-order valence-corrected chi connectivity index (χ2v) is 6.47. The first-order valence-electron chi connectivity index (χ1n) is 5.54. The summed E-state index contributed by atoms with van der Waals surface area (Å²) >= 11 is -1.99. The third-order valence-electron chi connectivity index (χ3n) is 2.60. The third-order valence-corrected chi connectivity index (χ3v) is 4.22. The van der Waals surface area contributed by atoms with Crippen molar-refractivity contribution in [2.45, 2.75) is 16.8 Å². The van der Waals surface area contributed by atoms with Crippen LogP contribution in [0.5, 0.6) is 11.5 Å². The first kappa shape index (κ1) is 19.0. The van der Waals surface area contributed by atoms with Crippen molar-refractivity contribution in [3.8, 4) is 11.5 Å². The van der Waals surface area contributed by atoms with Crippen LogP contribution in [0.4, 0.5) is 13.2 Å². The number of halogens is 3. The van der Waals surface area contributed by atoms with Crippen molar-refractivity contribution >= 4 is 19.4 Å². The van der Waals surface area contributed by atoms with Crippen molar-refractivity contribution in [3.63, 3.8) is 0 Å². The van der Waals surface area contributed by atoms with Crippen LogP contribution in [0.15, 0.2) is 12.1 Å². The molecular weight excluding hydrogens is 378 g/mol. The van der Waals surface area contributed by atoms with Crippen LogP contribution in [0.2, 0.25) is 0 Å². The van der Waals surface area contributed by atoms with E-state index in [2.05, 4.69) is 0 Å². The fourth-order valence-corrected chi connectivity index (χ4v) is 2.93. The van der Waals surface area contributed by atoms with Crippen molar-refractivity contribution in [2.75, 3.05) is 14.2 Å². The molecule has 126 valence electrons. The number of methoxy groups -OCH3 is 2. The van der Waals surface area contributed by atoms with Gasteiger partial charge < -0.3 is 0 Å². The molecule has 0 spiro atoms. The zero-order valence-electron chi connectivity index (χ0n) is 11.4. The summed E-state index contributed by atoms with van der Waals surface area (Å²) in [5.74, 6) is -7.65. The Morgan fingerprint density at radius 3 is 1.86 bits per heavy atom. The Morgan fingerprint density at radius 2 is 1.50 bits per heavy atom.